The third kappa shape index (κ3) is 2.64. The summed E-state index contributed by atoms with van der Waals surface area (Å²) in [7, 11) is 1.90. The number of thiophene rings is 1. The van der Waals surface area contributed by atoms with Crippen LogP contribution in [-0.2, 0) is 6.42 Å². The number of likely N-dealkylation sites (N-methyl/N-ethyl adjacent to an activating group) is 1. The highest BCUT2D eigenvalue weighted by atomic mass is 79.9. The smallest absolute Gasteiger partial charge is 0.258 e. The first-order valence-corrected chi connectivity index (χ1v) is 6.18. The highest BCUT2D eigenvalue weighted by molar-refractivity contribution is 9.11. The van der Waals surface area contributed by atoms with Gasteiger partial charge in [0.05, 0.1) is 9.35 Å². The summed E-state index contributed by atoms with van der Waals surface area (Å²) >= 11 is 5.00. The van der Waals surface area contributed by atoms with Gasteiger partial charge in [-0.3, -0.25) is 0 Å². The molecule has 0 aliphatic rings. The largest absolute Gasteiger partial charge is 0.334 e. The summed E-state index contributed by atoms with van der Waals surface area (Å²) in [5.41, 5.74) is 0.968. The maximum atomic E-state index is 5.16. The monoisotopic (exact) mass is 287 g/mol. The predicted octanol–water partition coefficient (Wildman–Crippen LogP) is 2.32. The van der Waals surface area contributed by atoms with Gasteiger partial charge in [0, 0.05) is 18.3 Å². The normalized spacial score (nSPS) is 10.8. The first kappa shape index (κ1) is 10.8. The van der Waals surface area contributed by atoms with E-state index in [2.05, 4.69) is 31.4 Å². The van der Waals surface area contributed by atoms with Crippen molar-refractivity contribution < 1.29 is 4.52 Å². The van der Waals surface area contributed by atoms with Crippen LogP contribution in [0.1, 0.15) is 5.82 Å². The molecule has 0 fully saturated rings. The van der Waals surface area contributed by atoms with Gasteiger partial charge in [0.25, 0.3) is 5.89 Å². The number of rotatable bonds is 4. The molecule has 6 heteroatoms. The van der Waals surface area contributed by atoms with Crippen LogP contribution in [0.2, 0.25) is 0 Å². The lowest BCUT2D eigenvalue weighted by molar-refractivity contribution is 0.422. The Labute approximate surface area is 99.8 Å². The van der Waals surface area contributed by atoms with Crippen molar-refractivity contribution in [1.29, 1.82) is 0 Å². The molecule has 15 heavy (non-hydrogen) atoms. The van der Waals surface area contributed by atoms with Crippen molar-refractivity contribution in [3.63, 3.8) is 0 Å². The van der Waals surface area contributed by atoms with Crippen LogP contribution in [0.25, 0.3) is 11.5 Å². The van der Waals surface area contributed by atoms with E-state index < -0.39 is 0 Å². The molecule has 0 spiro atoms. The number of aromatic nitrogens is 2. The van der Waals surface area contributed by atoms with Crippen LogP contribution < -0.4 is 5.32 Å². The lowest BCUT2D eigenvalue weighted by Gasteiger charge is -1.90. The standard InChI is InChI=1S/C9H10BrN3OS/c1-11-3-2-8-12-9(14-13-8)6-4-7(10)15-5-6/h4-5,11H,2-3H2,1H3. The summed E-state index contributed by atoms with van der Waals surface area (Å²) in [5, 5.41) is 8.93. The third-order valence-corrected chi connectivity index (χ3v) is 3.39. The fourth-order valence-corrected chi connectivity index (χ4v) is 2.26. The molecule has 4 nitrogen and oxygen atoms in total. The van der Waals surface area contributed by atoms with Gasteiger partial charge in [-0.25, -0.2) is 0 Å². The summed E-state index contributed by atoms with van der Waals surface area (Å²) in [5.74, 6) is 1.32. The van der Waals surface area contributed by atoms with Crippen LogP contribution in [0, 0.1) is 0 Å². The first-order valence-electron chi connectivity index (χ1n) is 4.51. The van der Waals surface area contributed by atoms with Gasteiger partial charge < -0.3 is 9.84 Å². The maximum Gasteiger partial charge on any atom is 0.258 e. The molecule has 2 aromatic rings. The van der Waals surface area contributed by atoms with Crippen LogP contribution in [0.3, 0.4) is 0 Å². The Kier molecular flexibility index (Phi) is 3.50. The minimum Gasteiger partial charge on any atom is -0.334 e. The van der Waals surface area contributed by atoms with E-state index in [-0.39, 0.29) is 0 Å². The van der Waals surface area contributed by atoms with Crippen molar-refractivity contribution >= 4 is 27.3 Å². The second-order valence-electron chi connectivity index (χ2n) is 3.01. The first-order chi connectivity index (χ1) is 7.29. The SMILES string of the molecule is CNCCc1noc(-c2csc(Br)c2)n1. The molecule has 0 aromatic carbocycles. The number of nitrogens with zero attached hydrogens (tertiary/aromatic N) is 2. The van der Waals surface area contributed by atoms with Crippen molar-refractivity contribution in [2.24, 2.45) is 0 Å². The molecule has 0 saturated heterocycles. The van der Waals surface area contributed by atoms with E-state index in [0.717, 1.165) is 28.1 Å². The van der Waals surface area contributed by atoms with Gasteiger partial charge in [0.1, 0.15) is 0 Å². The average Bonchev–Trinajstić information content (AvgIpc) is 2.83. The molecule has 2 aromatic heterocycles. The second kappa shape index (κ2) is 4.87. The summed E-state index contributed by atoms with van der Waals surface area (Å²) < 4.78 is 6.22. The van der Waals surface area contributed by atoms with Crippen LogP contribution in [0.4, 0.5) is 0 Å². The van der Waals surface area contributed by atoms with Gasteiger partial charge in [0.15, 0.2) is 5.82 Å². The predicted molar refractivity (Wildman–Crippen MR) is 62.9 cm³/mol. The molecule has 0 aliphatic heterocycles. The highest BCUT2D eigenvalue weighted by Crippen LogP contribution is 2.27. The van der Waals surface area contributed by atoms with Crippen molar-refractivity contribution in [3.8, 4) is 11.5 Å². The number of hydrogen-bond acceptors (Lipinski definition) is 5. The fraction of sp³-hybridized carbons (Fsp3) is 0.333. The Morgan fingerprint density at radius 3 is 3.13 bits per heavy atom. The van der Waals surface area contributed by atoms with Gasteiger partial charge in [-0.15, -0.1) is 11.3 Å². The summed E-state index contributed by atoms with van der Waals surface area (Å²) in [6.07, 6.45) is 0.783. The molecule has 2 rings (SSSR count). The lowest BCUT2D eigenvalue weighted by Crippen LogP contribution is -2.10. The van der Waals surface area contributed by atoms with Crippen molar-refractivity contribution in [3.05, 3.63) is 21.1 Å². The Hall–Kier alpha value is -0.720. The third-order valence-electron chi connectivity index (χ3n) is 1.88. The maximum absolute atomic E-state index is 5.16. The van der Waals surface area contributed by atoms with Crippen LogP contribution in [0.15, 0.2) is 19.8 Å². The highest BCUT2D eigenvalue weighted by Gasteiger charge is 2.09. The van der Waals surface area contributed by atoms with E-state index in [1.54, 1.807) is 11.3 Å². The summed E-state index contributed by atoms with van der Waals surface area (Å²) in [4.78, 5) is 4.30. The number of hydrogen-bond donors (Lipinski definition) is 1. The van der Waals surface area contributed by atoms with Crippen molar-refractivity contribution in [2.75, 3.05) is 13.6 Å². The molecule has 80 valence electrons. The summed E-state index contributed by atoms with van der Waals surface area (Å²) in [6, 6.07) is 1.97. The molecule has 0 bridgehead atoms. The van der Waals surface area contributed by atoms with Crippen molar-refractivity contribution in [1.82, 2.24) is 15.5 Å². The average molecular weight is 288 g/mol. The van der Waals surface area contributed by atoms with Crippen LogP contribution in [0.5, 0.6) is 0 Å². The molecule has 1 N–H and O–H groups in total. The Morgan fingerprint density at radius 1 is 1.60 bits per heavy atom. The quantitative estimate of drug-likeness (QED) is 0.938. The van der Waals surface area contributed by atoms with E-state index in [9.17, 15) is 0 Å². The lowest BCUT2D eigenvalue weighted by atomic mass is 10.3. The van der Waals surface area contributed by atoms with E-state index in [4.69, 9.17) is 4.52 Å². The van der Waals surface area contributed by atoms with Gasteiger partial charge in [-0.05, 0) is 29.0 Å². The Balaban J connectivity index is 2.13. The molecule has 0 saturated carbocycles. The van der Waals surface area contributed by atoms with E-state index in [1.165, 1.54) is 0 Å². The molecular formula is C9H10BrN3OS. The van der Waals surface area contributed by atoms with Gasteiger partial charge in [0.2, 0.25) is 0 Å². The van der Waals surface area contributed by atoms with E-state index >= 15 is 0 Å². The second-order valence-corrected chi connectivity index (χ2v) is 5.30. The number of nitrogens with one attached hydrogen (secondary N) is 1. The molecule has 0 unspecified atom stereocenters. The molecule has 0 atom stereocenters. The van der Waals surface area contributed by atoms with Gasteiger partial charge in [-0.2, -0.15) is 4.98 Å². The minimum absolute atomic E-state index is 0.586. The van der Waals surface area contributed by atoms with Gasteiger partial charge >= 0.3 is 0 Å². The van der Waals surface area contributed by atoms with E-state index in [0.29, 0.717) is 5.89 Å². The zero-order valence-corrected chi connectivity index (χ0v) is 10.6. The Morgan fingerprint density at radius 2 is 2.47 bits per heavy atom. The molecule has 0 aliphatic carbocycles. The zero-order valence-electron chi connectivity index (χ0n) is 8.16. The van der Waals surface area contributed by atoms with Gasteiger partial charge in [-0.1, -0.05) is 5.16 Å². The molecule has 0 amide bonds. The zero-order chi connectivity index (χ0) is 10.7. The molecule has 0 radical (unpaired) electrons. The molecular weight excluding hydrogens is 278 g/mol. The summed E-state index contributed by atoms with van der Waals surface area (Å²) in [6.45, 7) is 0.853. The van der Waals surface area contributed by atoms with Crippen LogP contribution in [-0.4, -0.2) is 23.7 Å². The van der Waals surface area contributed by atoms with E-state index in [1.807, 2.05) is 18.5 Å². The fourth-order valence-electron chi connectivity index (χ4n) is 1.13. The Bertz CT molecular complexity index is 440. The number of halogens is 1. The van der Waals surface area contributed by atoms with Crippen molar-refractivity contribution in [2.45, 2.75) is 6.42 Å². The minimum atomic E-state index is 0.586. The van der Waals surface area contributed by atoms with Crippen LogP contribution >= 0.6 is 27.3 Å². The topological polar surface area (TPSA) is 51.0 Å². The molecule has 2 heterocycles.